The van der Waals surface area contributed by atoms with Gasteiger partial charge >= 0.3 is 11.9 Å². The molecular formula is C10H19NO5. The number of rotatable bonds is 9. The molecule has 0 heterocycles. The maximum atomic E-state index is 11.1. The van der Waals surface area contributed by atoms with E-state index >= 15 is 0 Å². The minimum atomic E-state index is -0.887. The van der Waals surface area contributed by atoms with E-state index < -0.39 is 17.9 Å². The lowest BCUT2D eigenvalue weighted by molar-refractivity contribution is -0.239. The van der Waals surface area contributed by atoms with E-state index in [-0.39, 0.29) is 6.42 Å². The number of carboxylic acid groups (broad SMARTS) is 1. The van der Waals surface area contributed by atoms with Gasteiger partial charge in [-0.3, -0.25) is 4.79 Å². The van der Waals surface area contributed by atoms with Crippen LogP contribution in [-0.4, -0.2) is 35.4 Å². The molecule has 0 saturated carbocycles. The zero-order valence-corrected chi connectivity index (χ0v) is 9.44. The summed E-state index contributed by atoms with van der Waals surface area (Å²) in [5, 5.41) is 19.5. The average Bonchev–Trinajstić information content (AvgIpc) is 2.26. The molecule has 0 aromatic carbocycles. The van der Waals surface area contributed by atoms with Gasteiger partial charge in [-0.15, -0.1) is 0 Å². The number of nitrogens with one attached hydrogen (secondary N) is 1. The summed E-state index contributed by atoms with van der Waals surface area (Å²) in [5.74, 6) is -1.97. The standard InChI is InChI=1S/C10H19NO5/c1-2-3-4-8(10(14)16-15)7-11-6-5-9(12)13/h8,11,15H,2-7H2,1H3,(H,12,13). The van der Waals surface area contributed by atoms with E-state index in [9.17, 15) is 9.59 Å². The Morgan fingerprint density at radius 1 is 1.44 bits per heavy atom. The van der Waals surface area contributed by atoms with Gasteiger partial charge in [-0.1, -0.05) is 19.8 Å². The number of hydrogen-bond donors (Lipinski definition) is 3. The molecule has 0 spiro atoms. The molecule has 94 valence electrons. The summed E-state index contributed by atoms with van der Waals surface area (Å²) in [5.41, 5.74) is 0. The van der Waals surface area contributed by atoms with Crippen molar-refractivity contribution in [3.63, 3.8) is 0 Å². The SMILES string of the molecule is CCCCC(CNCCC(=O)O)C(=O)OO. The van der Waals surface area contributed by atoms with E-state index in [1.807, 2.05) is 6.92 Å². The van der Waals surface area contributed by atoms with Crippen LogP contribution in [0.5, 0.6) is 0 Å². The summed E-state index contributed by atoms with van der Waals surface area (Å²) < 4.78 is 0. The highest BCUT2D eigenvalue weighted by Crippen LogP contribution is 2.09. The highest BCUT2D eigenvalue weighted by Gasteiger charge is 2.19. The summed E-state index contributed by atoms with van der Waals surface area (Å²) in [6, 6.07) is 0. The van der Waals surface area contributed by atoms with Gasteiger partial charge in [0, 0.05) is 13.1 Å². The number of carbonyl (C=O) groups is 2. The molecule has 3 N–H and O–H groups in total. The van der Waals surface area contributed by atoms with Crippen molar-refractivity contribution >= 4 is 11.9 Å². The highest BCUT2D eigenvalue weighted by molar-refractivity contribution is 5.72. The maximum Gasteiger partial charge on any atom is 0.346 e. The maximum absolute atomic E-state index is 11.1. The fourth-order valence-electron chi connectivity index (χ4n) is 1.30. The third-order valence-corrected chi connectivity index (χ3v) is 2.24. The van der Waals surface area contributed by atoms with Crippen LogP contribution in [0.25, 0.3) is 0 Å². The minimum Gasteiger partial charge on any atom is -0.481 e. The Balaban J connectivity index is 3.82. The lowest BCUT2D eigenvalue weighted by Crippen LogP contribution is -2.30. The summed E-state index contributed by atoms with van der Waals surface area (Å²) in [7, 11) is 0. The number of carboxylic acids is 1. The van der Waals surface area contributed by atoms with Gasteiger partial charge in [-0.2, -0.15) is 5.26 Å². The number of unbranched alkanes of at least 4 members (excludes halogenated alkanes) is 1. The highest BCUT2D eigenvalue weighted by atomic mass is 17.1. The van der Waals surface area contributed by atoms with E-state index in [1.54, 1.807) is 0 Å². The lowest BCUT2D eigenvalue weighted by Gasteiger charge is -2.13. The van der Waals surface area contributed by atoms with Gasteiger partial charge in [0.25, 0.3) is 0 Å². The first-order valence-corrected chi connectivity index (χ1v) is 5.39. The summed E-state index contributed by atoms with van der Waals surface area (Å²) in [6.07, 6.45) is 2.44. The molecule has 0 rings (SSSR count). The van der Waals surface area contributed by atoms with Crippen LogP contribution in [0.15, 0.2) is 0 Å². The fraction of sp³-hybridized carbons (Fsp3) is 0.800. The van der Waals surface area contributed by atoms with Crippen LogP contribution >= 0.6 is 0 Å². The zero-order chi connectivity index (χ0) is 12.4. The second-order valence-corrected chi connectivity index (χ2v) is 3.60. The van der Waals surface area contributed by atoms with Crippen LogP contribution in [0.2, 0.25) is 0 Å². The first-order chi connectivity index (χ1) is 7.61. The minimum absolute atomic E-state index is 0.00860. The largest absolute Gasteiger partial charge is 0.481 e. The fourth-order valence-corrected chi connectivity index (χ4v) is 1.30. The van der Waals surface area contributed by atoms with E-state index in [2.05, 4.69) is 10.2 Å². The Labute approximate surface area is 94.5 Å². The molecule has 0 aromatic heterocycles. The van der Waals surface area contributed by atoms with Crippen LogP contribution < -0.4 is 5.32 Å². The molecule has 1 unspecified atom stereocenters. The van der Waals surface area contributed by atoms with E-state index in [0.717, 1.165) is 12.8 Å². The van der Waals surface area contributed by atoms with Crippen molar-refractivity contribution in [3.8, 4) is 0 Å². The summed E-state index contributed by atoms with van der Waals surface area (Å²) in [4.78, 5) is 25.0. The van der Waals surface area contributed by atoms with Crippen LogP contribution in [0.3, 0.4) is 0 Å². The average molecular weight is 233 g/mol. The lowest BCUT2D eigenvalue weighted by atomic mass is 10.0. The molecule has 0 fully saturated rings. The quantitative estimate of drug-likeness (QED) is 0.311. The molecule has 0 saturated heterocycles. The Kier molecular flexibility index (Phi) is 8.46. The first kappa shape index (κ1) is 14.9. The molecule has 0 aliphatic rings. The molecular weight excluding hydrogens is 214 g/mol. The molecule has 16 heavy (non-hydrogen) atoms. The third-order valence-electron chi connectivity index (χ3n) is 2.24. The van der Waals surface area contributed by atoms with Gasteiger partial charge in [0.15, 0.2) is 0 Å². The van der Waals surface area contributed by atoms with E-state index in [4.69, 9.17) is 10.4 Å². The van der Waals surface area contributed by atoms with Crippen molar-refractivity contribution in [1.29, 1.82) is 0 Å². The van der Waals surface area contributed by atoms with Crippen molar-refractivity contribution in [2.75, 3.05) is 13.1 Å². The van der Waals surface area contributed by atoms with Gasteiger partial charge in [-0.25, -0.2) is 4.79 Å². The predicted molar refractivity (Wildman–Crippen MR) is 56.9 cm³/mol. The van der Waals surface area contributed by atoms with Gasteiger partial charge < -0.3 is 15.3 Å². The number of hydrogen-bond acceptors (Lipinski definition) is 5. The van der Waals surface area contributed by atoms with Crippen LogP contribution in [0, 0.1) is 5.92 Å². The zero-order valence-electron chi connectivity index (χ0n) is 9.44. The third kappa shape index (κ3) is 7.19. The van der Waals surface area contributed by atoms with Crippen LogP contribution in [0.4, 0.5) is 0 Å². The van der Waals surface area contributed by atoms with Crippen LogP contribution in [0.1, 0.15) is 32.6 Å². The predicted octanol–water partition coefficient (Wildman–Crippen LogP) is 0.873. The van der Waals surface area contributed by atoms with Crippen molar-refractivity contribution in [2.45, 2.75) is 32.6 Å². The van der Waals surface area contributed by atoms with E-state index in [1.165, 1.54) is 0 Å². The Bertz CT molecular complexity index is 219. The van der Waals surface area contributed by atoms with Crippen molar-refractivity contribution in [2.24, 2.45) is 5.92 Å². The van der Waals surface area contributed by atoms with Gasteiger partial charge in [0.2, 0.25) is 0 Å². The first-order valence-electron chi connectivity index (χ1n) is 5.39. The molecule has 0 amide bonds. The second-order valence-electron chi connectivity index (χ2n) is 3.60. The monoisotopic (exact) mass is 233 g/mol. The molecule has 6 nitrogen and oxygen atoms in total. The molecule has 0 bridgehead atoms. The summed E-state index contributed by atoms with van der Waals surface area (Å²) >= 11 is 0. The topological polar surface area (TPSA) is 95.9 Å². The number of carbonyl (C=O) groups excluding carboxylic acids is 1. The Morgan fingerprint density at radius 3 is 2.62 bits per heavy atom. The van der Waals surface area contributed by atoms with E-state index in [0.29, 0.717) is 19.5 Å². The molecule has 0 aliphatic heterocycles. The molecule has 0 aliphatic carbocycles. The van der Waals surface area contributed by atoms with Gasteiger partial charge in [0.1, 0.15) is 0 Å². The van der Waals surface area contributed by atoms with Crippen LogP contribution in [-0.2, 0) is 14.5 Å². The molecule has 1 atom stereocenters. The smallest absolute Gasteiger partial charge is 0.346 e. The Morgan fingerprint density at radius 2 is 2.12 bits per heavy atom. The molecule has 6 heteroatoms. The van der Waals surface area contributed by atoms with Crippen molar-refractivity contribution in [1.82, 2.24) is 5.32 Å². The van der Waals surface area contributed by atoms with Gasteiger partial charge in [-0.05, 0) is 6.42 Å². The summed E-state index contributed by atoms with van der Waals surface area (Å²) in [6.45, 7) is 2.63. The van der Waals surface area contributed by atoms with Gasteiger partial charge in [0.05, 0.1) is 12.3 Å². The van der Waals surface area contributed by atoms with Crippen molar-refractivity contribution < 1.29 is 24.8 Å². The second kappa shape index (κ2) is 9.11. The Hall–Kier alpha value is -1.14. The molecule has 0 radical (unpaired) electrons. The molecule has 0 aromatic rings. The number of aliphatic carboxylic acids is 1. The normalized spacial score (nSPS) is 12.1. The van der Waals surface area contributed by atoms with Crippen molar-refractivity contribution in [3.05, 3.63) is 0 Å².